The number of aryl methyl sites for hydroxylation is 1. The summed E-state index contributed by atoms with van der Waals surface area (Å²) in [6, 6.07) is 0.134. The molecule has 2 heterocycles. The molecule has 1 aliphatic carbocycles. The minimum absolute atomic E-state index is 0.00392. The van der Waals surface area contributed by atoms with Crippen molar-refractivity contribution in [1.29, 1.82) is 0 Å². The smallest absolute Gasteiger partial charge is 0.317 e. The fourth-order valence-electron chi connectivity index (χ4n) is 3.39. The standard InChI is InChI=1S/C15H23N5O/c1-11-12(18-8-7-17-11)3-6-19-14(21)20-9-13(16)15(10-20)4-2-5-15/h7-8,13H,2-6,9-10,16H2,1H3,(H,19,21). The first-order valence-electron chi connectivity index (χ1n) is 7.66. The summed E-state index contributed by atoms with van der Waals surface area (Å²) in [6.45, 7) is 4.00. The normalized spacial score (nSPS) is 23.1. The SMILES string of the molecule is Cc1nccnc1CCNC(=O)N1CC(N)C2(CCC2)C1. The van der Waals surface area contributed by atoms with Gasteiger partial charge in [-0.15, -0.1) is 0 Å². The monoisotopic (exact) mass is 289 g/mol. The Hall–Kier alpha value is -1.69. The van der Waals surface area contributed by atoms with Crippen molar-refractivity contribution in [3.8, 4) is 0 Å². The van der Waals surface area contributed by atoms with Gasteiger partial charge in [-0.05, 0) is 19.8 Å². The number of carbonyl (C=O) groups excluding carboxylic acids is 1. The van der Waals surface area contributed by atoms with Crippen molar-refractivity contribution < 1.29 is 4.79 Å². The number of hydrogen-bond donors (Lipinski definition) is 2. The van der Waals surface area contributed by atoms with Gasteiger partial charge in [0.25, 0.3) is 0 Å². The number of nitrogens with one attached hydrogen (secondary N) is 1. The van der Waals surface area contributed by atoms with Crippen LogP contribution in [-0.4, -0.2) is 46.6 Å². The zero-order chi connectivity index (χ0) is 14.9. The molecule has 1 saturated heterocycles. The maximum atomic E-state index is 12.2. The van der Waals surface area contributed by atoms with Gasteiger partial charge in [0, 0.05) is 49.9 Å². The summed E-state index contributed by atoms with van der Waals surface area (Å²) in [5, 5.41) is 2.97. The molecule has 1 atom stereocenters. The highest BCUT2D eigenvalue weighted by atomic mass is 16.2. The van der Waals surface area contributed by atoms with Crippen LogP contribution >= 0.6 is 0 Å². The number of carbonyl (C=O) groups is 1. The molecule has 1 spiro atoms. The maximum Gasteiger partial charge on any atom is 0.317 e. The van der Waals surface area contributed by atoms with Gasteiger partial charge in [-0.3, -0.25) is 9.97 Å². The highest BCUT2D eigenvalue weighted by Crippen LogP contribution is 2.47. The van der Waals surface area contributed by atoms with Crippen molar-refractivity contribution in [3.63, 3.8) is 0 Å². The fourth-order valence-corrected chi connectivity index (χ4v) is 3.39. The van der Waals surface area contributed by atoms with Gasteiger partial charge in [-0.1, -0.05) is 6.42 Å². The van der Waals surface area contributed by atoms with Crippen molar-refractivity contribution in [3.05, 3.63) is 23.8 Å². The number of amides is 2. The average Bonchev–Trinajstić information content (AvgIpc) is 2.79. The van der Waals surface area contributed by atoms with Gasteiger partial charge in [0.1, 0.15) is 0 Å². The van der Waals surface area contributed by atoms with E-state index in [4.69, 9.17) is 5.73 Å². The molecule has 6 heteroatoms. The Morgan fingerprint density at radius 3 is 2.86 bits per heavy atom. The van der Waals surface area contributed by atoms with Crippen LogP contribution in [0.1, 0.15) is 30.7 Å². The third kappa shape index (κ3) is 2.72. The number of nitrogens with two attached hydrogens (primary N) is 1. The van der Waals surface area contributed by atoms with E-state index in [2.05, 4.69) is 15.3 Å². The molecule has 0 bridgehead atoms. The predicted molar refractivity (Wildman–Crippen MR) is 79.7 cm³/mol. The molecule has 114 valence electrons. The average molecular weight is 289 g/mol. The number of aromatic nitrogens is 2. The highest BCUT2D eigenvalue weighted by Gasteiger charge is 2.49. The summed E-state index contributed by atoms with van der Waals surface area (Å²) in [4.78, 5) is 22.6. The molecule has 2 amide bonds. The second-order valence-electron chi connectivity index (χ2n) is 6.27. The van der Waals surface area contributed by atoms with Crippen LogP contribution in [0.2, 0.25) is 0 Å². The first-order valence-corrected chi connectivity index (χ1v) is 7.66. The minimum atomic E-state index is -0.00392. The zero-order valence-corrected chi connectivity index (χ0v) is 12.5. The second-order valence-corrected chi connectivity index (χ2v) is 6.27. The van der Waals surface area contributed by atoms with Gasteiger partial charge < -0.3 is 16.0 Å². The third-order valence-electron chi connectivity index (χ3n) is 4.97. The van der Waals surface area contributed by atoms with Crippen LogP contribution in [-0.2, 0) is 6.42 Å². The molecule has 3 N–H and O–H groups in total. The van der Waals surface area contributed by atoms with Gasteiger partial charge in [0.05, 0.1) is 11.4 Å². The van der Waals surface area contributed by atoms with Crippen molar-refractivity contribution in [2.75, 3.05) is 19.6 Å². The summed E-state index contributed by atoms with van der Waals surface area (Å²) >= 11 is 0. The van der Waals surface area contributed by atoms with E-state index in [1.165, 1.54) is 6.42 Å². The van der Waals surface area contributed by atoms with Crippen LogP contribution in [0, 0.1) is 12.3 Å². The fraction of sp³-hybridized carbons (Fsp3) is 0.667. The first-order chi connectivity index (χ1) is 10.1. The van der Waals surface area contributed by atoms with Crippen molar-refractivity contribution in [2.45, 2.75) is 38.6 Å². The molecule has 1 aromatic rings. The number of likely N-dealkylation sites (tertiary alicyclic amines) is 1. The van der Waals surface area contributed by atoms with E-state index < -0.39 is 0 Å². The van der Waals surface area contributed by atoms with E-state index in [-0.39, 0.29) is 17.5 Å². The van der Waals surface area contributed by atoms with Crippen molar-refractivity contribution >= 4 is 6.03 Å². The molecule has 1 aliphatic heterocycles. The predicted octanol–water partition coefficient (Wildman–Crippen LogP) is 0.850. The third-order valence-corrected chi connectivity index (χ3v) is 4.97. The summed E-state index contributed by atoms with van der Waals surface area (Å²) in [6.07, 6.45) is 7.64. The lowest BCUT2D eigenvalue weighted by Gasteiger charge is -2.41. The molecule has 2 aliphatic rings. The number of rotatable bonds is 3. The Labute approximate surface area is 125 Å². The quantitative estimate of drug-likeness (QED) is 0.864. The summed E-state index contributed by atoms with van der Waals surface area (Å²) in [5.74, 6) is 0. The zero-order valence-electron chi connectivity index (χ0n) is 12.5. The van der Waals surface area contributed by atoms with Crippen molar-refractivity contribution in [2.24, 2.45) is 11.1 Å². The molecule has 3 rings (SSSR count). The minimum Gasteiger partial charge on any atom is -0.338 e. The van der Waals surface area contributed by atoms with Crippen molar-refractivity contribution in [1.82, 2.24) is 20.2 Å². The van der Waals surface area contributed by atoms with E-state index in [0.29, 0.717) is 19.5 Å². The molecular weight excluding hydrogens is 266 g/mol. The molecule has 0 aromatic carbocycles. The van der Waals surface area contributed by atoms with Crippen LogP contribution < -0.4 is 11.1 Å². The van der Waals surface area contributed by atoms with Gasteiger partial charge in [0.15, 0.2) is 0 Å². The van der Waals surface area contributed by atoms with Crippen LogP contribution in [0.4, 0.5) is 4.79 Å². The summed E-state index contributed by atoms with van der Waals surface area (Å²) in [5.41, 5.74) is 8.27. The molecule has 6 nitrogen and oxygen atoms in total. The number of urea groups is 1. The molecule has 1 unspecified atom stereocenters. The second kappa shape index (κ2) is 5.60. The van der Waals surface area contributed by atoms with Gasteiger partial charge in [-0.2, -0.15) is 0 Å². The lowest BCUT2D eigenvalue weighted by Crippen LogP contribution is -2.45. The van der Waals surface area contributed by atoms with Gasteiger partial charge in [0.2, 0.25) is 0 Å². The highest BCUT2D eigenvalue weighted by molar-refractivity contribution is 5.74. The first kappa shape index (κ1) is 14.3. The molecule has 1 aromatic heterocycles. The Balaban J connectivity index is 1.48. The molecule has 1 saturated carbocycles. The molecular formula is C15H23N5O. The largest absolute Gasteiger partial charge is 0.338 e. The number of hydrogen-bond acceptors (Lipinski definition) is 4. The van der Waals surface area contributed by atoms with E-state index in [0.717, 1.165) is 30.8 Å². The van der Waals surface area contributed by atoms with E-state index in [9.17, 15) is 4.79 Å². The lowest BCUT2D eigenvalue weighted by atomic mass is 9.66. The van der Waals surface area contributed by atoms with Crippen LogP contribution in [0.25, 0.3) is 0 Å². The Kier molecular flexibility index (Phi) is 3.80. The summed E-state index contributed by atoms with van der Waals surface area (Å²) in [7, 11) is 0. The summed E-state index contributed by atoms with van der Waals surface area (Å²) < 4.78 is 0. The molecule has 0 radical (unpaired) electrons. The van der Waals surface area contributed by atoms with Gasteiger partial charge in [-0.25, -0.2) is 4.79 Å². The maximum absolute atomic E-state index is 12.2. The topological polar surface area (TPSA) is 84.1 Å². The van der Waals surface area contributed by atoms with Crippen LogP contribution in [0.15, 0.2) is 12.4 Å². The Morgan fingerprint density at radius 1 is 1.48 bits per heavy atom. The van der Waals surface area contributed by atoms with E-state index in [1.54, 1.807) is 12.4 Å². The molecule has 2 fully saturated rings. The number of nitrogens with zero attached hydrogens (tertiary/aromatic N) is 3. The Morgan fingerprint density at radius 2 is 2.24 bits per heavy atom. The lowest BCUT2D eigenvalue weighted by molar-refractivity contribution is 0.125. The molecule has 21 heavy (non-hydrogen) atoms. The van der Waals surface area contributed by atoms with Gasteiger partial charge >= 0.3 is 6.03 Å². The van der Waals surface area contributed by atoms with E-state index in [1.807, 2.05) is 11.8 Å². The van der Waals surface area contributed by atoms with Crippen LogP contribution in [0.3, 0.4) is 0 Å². The Bertz CT molecular complexity index is 529. The van der Waals surface area contributed by atoms with E-state index >= 15 is 0 Å². The van der Waals surface area contributed by atoms with Crippen LogP contribution in [0.5, 0.6) is 0 Å².